The fraction of sp³-hybridized carbons (Fsp3) is 0.481. The molecule has 0 amide bonds. The van der Waals surface area contributed by atoms with Crippen LogP contribution in [0.1, 0.15) is 18.4 Å². The summed E-state index contributed by atoms with van der Waals surface area (Å²) in [6.07, 6.45) is 2.23. The normalized spacial score (nSPS) is 28.9. The number of aliphatic carboxylic acids is 1. The largest absolute Gasteiger partial charge is 0.481 e. The van der Waals surface area contributed by atoms with Crippen LogP contribution in [-0.2, 0) is 4.79 Å². The van der Waals surface area contributed by atoms with Crippen molar-refractivity contribution in [3.05, 3.63) is 53.1 Å². The molecule has 7 rings (SSSR count). The van der Waals surface area contributed by atoms with Gasteiger partial charge in [-0.25, -0.2) is 4.99 Å². The zero-order chi connectivity index (χ0) is 24.1. The van der Waals surface area contributed by atoms with Gasteiger partial charge in [0.05, 0.1) is 11.5 Å². The van der Waals surface area contributed by atoms with Gasteiger partial charge in [0.25, 0.3) is 0 Å². The molecule has 7 nitrogen and oxygen atoms in total. The number of piperidine rings is 3. The van der Waals surface area contributed by atoms with Crippen molar-refractivity contribution in [3.63, 3.8) is 0 Å². The van der Waals surface area contributed by atoms with Gasteiger partial charge in [0.15, 0.2) is 5.75 Å². The molecule has 1 unspecified atom stereocenters. The highest BCUT2D eigenvalue weighted by Gasteiger charge is 2.47. The third-order valence-electron chi connectivity index (χ3n) is 8.36. The quantitative estimate of drug-likeness (QED) is 0.690. The third kappa shape index (κ3) is 4.20. The maximum atomic E-state index is 12.7. The molecule has 184 valence electrons. The highest BCUT2D eigenvalue weighted by molar-refractivity contribution is 6.31. The van der Waals surface area contributed by atoms with E-state index in [-0.39, 0.29) is 12.0 Å². The first-order valence-electron chi connectivity index (χ1n) is 12.5. The first-order chi connectivity index (χ1) is 17.0. The van der Waals surface area contributed by atoms with Gasteiger partial charge in [0, 0.05) is 37.2 Å². The Morgan fingerprint density at radius 1 is 1.09 bits per heavy atom. The minimum atomic E-state index is -0.675. The second-order valence-electron chi connectivity index (χ2n) is 10.3. The average molecular weight is 495 g/mol. The van der Waals surface area contributed by atoms with E-state index in [0.29, 0.717) is 28.9 Å². The SMILES string of the molecule is CN1CCN(C2=Nc3cc(Cl)ccc3Oc3ccccc32)C[C@@H]1C(C(=O)O)[C@H]1CN2CCC1CC2. The number of rotatable bonds is 3. The predicted octanol–water partition coefficient (Wildman–Crippen LogP) is 4.18. The molecule has 4 saturated heterocycles. The summed E-state index contributed by atoms with van der Waals surface area (Å²) >= 11 is 6.30. The Kier molecular flexibility index (Phi) is 5.95. The van der Waals surface area contributed by atoms with Crippen LogP contribution in [0.2, 0.25) is 5.02 Å². The topological polar surface area (TPSA) is 68.6 Å². The van der Waals surface area contributed by atoms with E-state index in [4.69, 9.17) is 21.3 Å². The van der Waals surface area contributed by atoms with E-state index < -0.39 is 11.9 Å². The molecule has 1 N–H and O–H groups in total. The molecule has 0 aromatic heterocycles. The van der Waals surface area contributed by atoms with Crippen LogP contribution < -0.4 is 4.74 Å². The van der Waals surface area contributed by atoms with E-state index in [1.807, 2.05) is 36.4 Å². The number of likely N-dealkylation sites (N-methyl/N-ethyl adjacent to an activating group) is 1. The van der Waals surface area contributed by atoms with Crippen molar-refractivity contribution in [2.45, 2.75) is 18.9 Å². The maximum Gasteiger partial charge on any atom is 0.308 e. The van der Waals surface area contributed by atoms with Crippen molar-refractivity contribution in [1.29, 1.82) is 0 Å². The Balaban J connectivity index is 1.36. The lowest BCUT2D eigenvalue weighted by atomic mass is 9.69. The monoisotopic (exact) mass is 494 g/mol. The smallest absolute Gasteiger partial charge is 0.308 e. The van der Waals surface area contributed by atoms with Crippen LogP contribution in [0.25, 0.3) is 0 Å². The minimum Gasteiger partial charge on any atom is -0.481 e. The summed E-state index contributed by atoms with van der Waals surface area (Å²) in [6.45, 7) is 5.27. The minimum absolute atomic E-state index is 0.0929. The lowest BCUT2D eigenvalue weighted by molar-refractivity contribution is -0.151. The number of fused-ring (bicyclic) bond motifs is 5. The van der Waals surface area contributed by atoms with E-state index >= 15 is 0 Å². The standard InChI is InChI=1S/C27H31ClN4O3/c1-30-12-13-32(16-22(30)25(27(33)34)20-15-31-10-8-17(20)9-11-31)26-19-4-2-3-5-23(19)35-24-7-6-18(28)14-21(24)29-26/h2-7,14,17,20,22,25H,8-13,15-16H2,1H3,(H,33,34)/t20-,22+,25?/m0/s1. The van der Waals surface area contributed by atoms with Gasteiger partial charge in [-0.15, -0.1) is 0 Å². The Labute approximate surface area is 210 Å². The molecule has 5 aliphatic heterocycles. The Morgan fingerprint density at radius 2 is 1.89 bits per heavy atom. The number of ether oxygens (including phenoxy) is 1. The van der Waals surface area contributed by atoms with Gasteiger partial charge >= 0.3 is 5.97 Å². The summed E-state index contributed by atoms with van der Waals surface area (Å²) in [5.74, 6) is 1.84. The van der Waals surface area contributed by atoms with E-state index in [0.717, 1.165) is 62.7 Å². The van der Waals surface area contributed by atoms with E-state index in [9.17, 15) is 9.90 Å². The van der Waals surface area contributed by atoms with Gasteiger partial charge in [-0.1, -0.05) is 23.7 Å². The van der Waals surface area contributed by atoms with Crippen LogP contribution in [0, 0.1) is 17.8 Å². The van der Waals surface area contributed by atoms with Crippen LogP contribution in [0.15, 0.2) is 47.5 Å². The number of aliphatic imine (C=N–C) groups is 1. The van der Waals surface area contributed by atoms with Gasteiger partial charge in [-0.3, -0.25) is 9.69 Å². The van der Waals surface area contributed by atoms with Crippen LogP contribution >= 0.6 is 11.6 Å². The van der Waals surface area contributed by atoms with Crippen LogP contribution in [0.5, 0.6) is 11.5 Å². The van der Waals surface area contributed by atoms with Crippen LogP contribution in [0.4, 0.5) is 5.69 Å². The van der Waals surface area contributed by atoms with Crippen molar-refractivity contribution in [3.8, 4) is 11.5 Å². The maximum absolute atomic E-state index is 12.7. The fourth-order valence-corrected chi connectivity index (χ4v) is 6.64. The number of para-hydroxylation sites is 1. The lowest BCUT2D eigenvalue weighted by Crippen LogP contribution is -2.61. The lowest BCUT2D eigenvalue weighted by Gasteiger charge is -2.51. The van der Waals surface area contributed by atoms with Crippen molar-refractivity contribution >= 4 is 29.1 Å². The molecule has 0 saturated carbocycles. The first-order valence-corrected chi connectivity index (χ1v) is 12.9. The molecular formula is C27H31ClN4O3. The molecule has 2 aromatic carbocycles. The number of carboxylic acid groups (broad SMARTS) is 1. The molecule has 2 aromatic rings. The molecule has 35 heavy (non-hydrogen) atoms. The second-order valence-corrected chi connectivity index (χ2v) is 10.7. The molecular weight excluding hydrogens is 464 g/mol. The number of carbonyl (C=O) groups is 1. The average Bonchev–Trinajstić information content (AvgIpc) is 3.02. The number of hydrogen-bond acceptors (Lipinski definition) is 6. The molecule has 0 radical (unpaired) electrons. The summed E-state index contributed by atoms with van der Waals surface area (Å²) < 4.78 is 6.23. The zero-order valence-electron chi connectivity index (χ0n) is 19.9. The predicted molar refractivity (Wildman–Crippen MR) is 136 cm³/mol. The van der Waals surface area contributed by atoms with E-state index in [1.165, 1.54) is 0 Å². The number of nitrogens with zero attached hydrogens (tertiary/aromatic N) is 4. The molecule has 5 aliphatic rings. The zero-order valence-corrected chi connectivity index (χ0v) is 20.7. The van der Waals surface area contributed by atoms with Gasteiger partial charge in [-0.2, -0.15) is 0 Å². The van der Waals surface area contributed by atoms with Gasteiger partial charge in [0.2, 0.25) is 0 Å². The first kappa shape index (κ1) is 22.8. The summed E-state index contributed by atoms with van der Waals surface area (Å²) in [5, 5.41) is 11.1. The molecule has 0 spiro atoms. The summed E-state index contributed by atoms with van der Waals surface area (Å²) in [4.78, 5) is 24.7. The van der Waals surface area contributed by atoms with Crippen LogP contribution in [0.3, 0.4) is 0 Å². The van der Waals surface area contributed by atoms with E-state index in [1.54, 1.807) is 6.07 Å². The Bertz CT molecular complexity index is 1160. The Hall–Kier alpha value is -2.61. The summed E-state index contributed by atoms with van der Waals surface area (Å²) in [6, 6.07) is 13.3. The van der Waals surface area contributed by atoms with E-state index in [2.05, 4.69) is 21.7 Å². The third-order valence-corrected chi connectivity index (χ3v) is 8.59. The number of hydrogen-bond donors (Lipinski definition) is 1. The molecule has 5 heterocycles. The van der Waals surface area contributed by atoms with Gasteiger partial charge < -0.3 is 19.6 Å². The Morgan fingerprint density at radius 3 is 2.63 bits per heavy atom. The molecule has 0 aliphatic carbocycles. The molecule has 3 atom stereocenters. The highest BCUT2D eigenvalue weighted by Crippen LogP contribution is 2.42. The van der Waals surface area contributed by atoms with Crippen molar-refractivity contribution < 1.29 is 14.6 Å². The van der Waals surface area contributed by atoms with Crippen molar-refractivity contribution in [2.75, 3.05) is 46.3 Å². The summed E-state index contributed by atoms with van der Waals surface area (Å²) in [5.41, 5.74) is 1.60. The van der Waals surface area contributed by atoms with Gasteiger partial charge in [-0.05, 0) is 75.1 Å². The van der Waals surface area contributed by atoms with Crippen molar-refractivity contribution in [1.82, 2.24) is 14.7 Å². The molecule has 8 heteroatoms. The second kappa shape index (κ2) is 9.12. The number of benzene rings is 2. The number of amidine groups is 1. The van der Waals surface area contributed by atoms with Gasteiger partial charge in [0.1, 0.15) is 17.3 Å². The van der Waals surface area contributed by atoms with Crippen molar-refractivity contribution in [2.24, 2.45) is 22.7 Å². The molecule has 2 bridgehead atoms. The number of carboxylic acids is 1. The number of halogens is 1. The molecule has 4 fully saturated rings. The summed E-state index contributed by atoms with van der Waals surface area (Å²) in [7, 11) is 2.07. The van der Waals surface area contributed by atoms with Crippen LogP contribution in [-0.4, -0.2) is 84.0 Å². The fourth-order valence-electron chi connectivity index (χ4n) is 6.47. The highest BCUT2D eigenvalue weighted by atomic mass is 35.5. The number of piperazine rings is 1.